The van der Waals surface area contributed by atoms with Gasteiger partial charge in [-0.15, -0.1) is 10.2 Å². The normalized spacial score (nSPS) is 11.2. The third kappa shape index (κ3) is 4.20. The quantitative estimate of drug-likeness (QED) is 0.576. The average Bonchev–Trinajstić information content (AvgIpc) is 3.00. The van der Waals surface area contributed by atoms with E-state index in [9.17, 15) is 5.11 Å². The Kier molecular flexibility index (Phi) is 4.73. The molecule has 2 aromatic carbocycles. The van der Waals surface area contributed by atoms with Gasteiger partial charge in [0.1, 0.15) is 12.1 Å². The zero-order valence-electron chi connectivity index (χ0n) is 12.6. The van der Waals surface area contributed by atoms with Crippen molar-refractivity contribution in [3.63, 3.8) is 0 Å². The molecular formula is C17H16N4OS. The first-order chi connectivity index (χ1) is 11.2. The molecule has 0 spiro atoms. The third-order valence-electron chi connectivity index (χ3n) is 3.19. The van der Waals surface area contributed by atoms with E-state index in [0.717, 1.165) is 16.5 Å². The van der Waals surface area contributed by atoms with E-state index in [4.69, 9.17) is 0 Å². The van der Waals surface area contributed by atoms with Crippen molar-refractivity contribution in [2.24, 2.45) is 5.10 Å². The summed E-state index contributed by atoms with van der Waals surface area (Å²) in [5.41, 5.74) is 3.29. The molecule has 0 aliphatic heterocycles. The van der Waals surface area contributed by atoms with Crippen molar-refractivity contribution in [1.29, 1.82) is 0 Å². The van der Waals surface area contributed by atoms with Crippen LogP contribution in [-0.2, 0) is 5.75 Å². The van der Waals surface area contributed by atoms with Crippen molar-refractivity contribution in [2.75, 3.05) is 0 Å². The molecule has 1 heterocycles. The van der Waals surface area contributed by atoms with Gasteiger partial charge in [0, 0.05) is 5.75 Å². The molecule has 1 N–H and O–H groups in total. The Labute approximate surface area is 138 Å². The first kappa shape index (κ1) is 15.3. The molecular weight excluding hydrogens is 308 g/mol. The van der Waals surface area contributed by atoms with Crippen molar-refractivity contribution >= 4 is 18.0 Å². The lowest BCUT2D eigenvalue weighted by atomic mass is 10.2. The lowest BCUT2D eigenvalue weighted by Crippen LogP contribution is -1.92. The van der Waals surface area contributed by atoms with Gasteiger partial charge in [0.15, 0.2) is 0 Å². The van der Waals surface area contributed by atoms with Crippen LogP contribution in [0.1, 0.15) is 16.7 Å². The number of hydrogen-bond donors (Lipinski definition) is 1. The summed E-state index contributed by atoms with van der Waals surface area (Å²) in [7, 11) is 0. The number of hydrogen-bond acceptors (Lipinski definition) is 5. The van der Waals surface area contributed by atoms with E-state index < -0.39 is 0 Å². The fourth-order valence-corrected chi connectivity index (χ4v) is 2.78. The molecule has 23 heavy (non-hydrogen) atoms. The van der Waals surface area contributed by atoms with Gasteiger partial charge in [-0.3, -0.25) is 0 Å². The molecule has 0 amide bonds. The van der Waals surface area contributed by atoms with Crippen LogP contribution in [0.15, 0.2) is 65.1 Å². The van der Waals surface area contributed by atoms with Gasteiger partial charge in [-0.1, -0.05) is 53.7 Å². The van der Waals surface area contributed by atoms with Crippen LogP contribution in [0.5, 0.6) is 5.75 Å². The maximum atomic E-state index is 9.46. The number of rotatable bonds is 5. The largest absolute Gasteiger partial charge is 0.508 e. The summed E-state index contributed by atoms with van der Waals surface area (Å²) in [6, 6.07) is 15.3. The number of aromatic hydroxyl groups is 1. The van der Waals surface area contributed by atoms with Gasteiger partial charge in [-0.2, -0.15) is 9.78 Å². The van der Waals surface area contributed by atoms with Crippen LogP contribution in [-0.4, -0.2) is 26.2 Å². The summed E-state index contributed by atoms with van der Waals surface area (Å²) in [5.74, 6) is 1.02. The highest BCUT2D eigenvalue weighted by Crippen LogP contribution is 2.20. The Bertz CT molecular complexity index is 811. The molecule has 0 radical (unpaired) electrons. The molecule has 0 aliphatic rings. The number of aryl methyl sites for hydroxylation is 1. The molecule has 3 aromatic rings. The number of nitrogens with zero attached hydrogens (tertiary/aromatic N) is 4. The van der Waals surface area contributed by atoms with Gasteiger partial charge in [0.05, 0.1) is 6.21 Å². The molecule has 0 atom stereocenters. The molecule has 116 valence electrons. The number of phenols is 1. The maximum absolute atomic E-state index is 9.46. The second kappa shape index (κ2) is 7.11. The van der Waals surface area contributed by atoms with Crippen LogP contribution in [0.3, 0.4) is 0 Å². The summed E-state index contributed by atoms with van der Waals surface area (Å²) in [5, 5.41) is 22.5. The SMILES string of the molecule is Cc1ccc(CSc2nncn2/N=C\c2cccc(O)c2)cc1. The van der Waals surface area contributed by atoms with Crippen LogP contribution >= 0.6 is 11.8 Å². The molecule has 3 rings (SSSR count). The van der Waals surface area contributed by atoms with Gasteiger partial charge < -0.3 is 5.11 Å². The molecule has 5 nitrogen and oxygen atoms in total. The van der Waals surface area contributed by atoms with Gasteiger partial charge in [-0.05, 0) is 30.2 Å². The van der Waals surface area contributed by atoms with Gasteiger partial charge in [0.2, 0.25) is 5.16 Å². The fourth-order valence-electron chi connectivity index (χ4n) is 1.96. The smallest absolute Gasteiger partial charge is 0.212 e. The van der Waals surface area contributed by atoms with E-state index in [-0.39, 0.29) is 5.75 Å². The topological polar surface area (TPSA) is 63.3 Å². The van der Waals surface area contributed by atoms with E-state index in [1.165, 1.54) is 11.1 Å². The summed E-state index contributed by atoms with van der Waals surface area (Å²) >= 11 is 1.58. The van der Waals surface area contributed by atoms with Crippen LogP contribution in [0.2, 0.25) is 0 Å². The van der Waals surface area contributed by atoms with Crippen LogP contribution < -0.4 is 0 Å². The van der Waals surface area contributed by atoms with Crippen LogP contribution in [0, 0.1) is 6.92 Å². The first-order valence-electron chi connectivity index (χ1n) is 7.12. The number of aromatic nitrogens is 3. The van der Waals surface area contributed by atoms with Crippen molar-refractivity contribution in [1.82, 2.24) is 14.9 Å². The molecule has 1 aromatic heterocycles. The predicted octanol–water partition coefficient (Wildman–Crippen LogP) is 3.47. The van der Waals surface area contributed by atoms with E-state index in [2.05, 4.69) is 46.5 Å². The highest BCUT2D eigenvalue weighted by molar-refractivity contribution is 7.98. The summed E-state index contributed by atoms with van der Waals surface area (Å²) in [6.07, 6.45) is 3.23. The lowest BCUT2D eigenvalue weighted by molar-refractivity contribution is 0.475. The molecule has 0 aliphatic carbocycles. The van der Waals surface area contributed by atoms with E-state index in [0.29, 0.717) is 0 Å². The van der Waals surface area contributed by atoms with Crippen LogP contribution in [0.25, 0.3) is 0 Å². The minimum atomic E-state index is 0.215. The molecule has 0 saturated carbocycles. The number of phenolic OH excluding ortho intramolecular Hbond substituents is 1. The van der Waals surface area contributed by atoms with Crippen molar-refractivity contribution in [3.8, 4) is 5.75 Å². The molecule has 0 fully saturated rings. The highest BCUT2D eigenvalue weighted by Gasteiger charge is 2.04. The Morgan fingerprint density at radius 2 is 2.04 bits per heavy atom. The van der Waals surface area contributed by atoms with E-state index in [1.54, 1.807) is 47.2 Å². The minimum Gasteiger partial charge on any atom is -0.508 e. The molecule has 0 unspecified atom stereocenters. The third-order valence-corrected chi connectivity index (χ3v) is 4.19. The first-order valence-corrected chi connectivity index (χ1v) is 8.11. The van der Waals surface area contributed by atoms with Crippen molar-refractivity contribution in [2.45, 2.75) is 17.8 Å². The zero-order valence-corrected chi connectivity index (χ0v) is 13.4. The van der Waals surface area contributed by atoms with Crippen molar-refractivity contribution < 1.29 is 5.11 Å². The van der Waals surface area contributed by atoms with E-state index >= 15 is 0 Å². The lowest BCUT2D eigenvalue weighted by Gasteiger charge is -2.02. The summed E-state index contributed by atoms with van der Waals surface area (Å²) in [6.45, 7) is 2.07. The second-order valence-electron chi connectivity index (χ2n) is 5.07. The Morgan fingerprint density at radius 1 is 1.22 bits per heavy atom. The maximum Gasteiger partial charge on any atom is 0.212 e. The molecule has 0 bridgehead atoms. The monoisotopic (exact) mass is 324 g/mol. The molecule has 6 heteroatoms. The Hall–Kier alpha value is -2.60. The number of thioether (sulfide) groups is 1. The Balaban J connectivity index is 1.68. The summed E-state index contributed by atoms with van der Waals surface area (Å²) in [4.78, 5) is 0. The van der Waals surface area contributed by atoms with Gasteiger partial charge in [-0.25, -0.2) is 0 Å². The average molecular weight is 324 g/mol. The summed E-state index contributed by atoms with van der Waals surface area (Å²) < 4.78 is 1.63. The highest BCUT2D eigenvalue weighted by atomic mass is 32.2. The van der Waals surface area contributed by atoms with Crippen molar-refractivity contribution in [3.05, 3.63) is 71.5 Å². The number of benzene rings is 2. The molecule has 0 saturated heterocycles. The van der Waals surface area contributed by atoms with Crippen LogP contribution in [0.4, 0.5) is 0 Å². The predicted molar refractivity (Wildman–Crippen MR) is 91.9 cm³/mol. The zero-order chi connectivity index (χ0) is 16.1. The standard InChI is InChI=1S/C17H16N4OS/c1-13-5-7-14(8-6-13)11-23-17-20-18-12-21(17)19-10-15-3-2-4-16(22)9-15/h2-10,12,22H,11H2,1H3/b19-10-. The second-order valence-corrected chi connectivity index (χ2v) is 6.01. The van der Waals surface area contributed by atoms with E-state index in [1.807, 2.05) is 6.07 Å². The van der Waals surface area contributed by atoms with Gasteiger partial charge in [0.25, 0.3) is 0 Å². The fraction of sp³-hybridized carbons (Fsp3) is 0.118. The van der Waals surface area contributed by atoms with Gasteiger partial charge >= 0.3 is 0 Å². The Morgan fingerprint density at radius 3 is 2.83 bits per heavy atom. The minimum absolute atomic E-state index is 0.215.